The molecule has 1 unspecified atom stereocenters. The Labute approximate surface area is 746 Å². The zero-order valence-electron chi connectivity index (χ0n) is 69.8. The first-order valence-electron chi connectivity index (χ1n) is 44.1. The summed E-state index contributed by atoms with van der Waals surface area (Å²) >= 11 is 0. The Hall–Kier alpha value is -17.0. The predicted octanol–water partition coefficient (Wildman–Crippen LogP) is 30.3. The number of hydrogen-bond donors (Lipinski definition) is 0. The van der Waals surface area contributed by atoms with Crippen molar-refractivity contribution in [3.8, 4) is 191 Å². The second-order valence-electron chi connectivity index (χ2n) is 34.1. The molecule has 0 saturated carbocycles. The van der Waals surface area contributed by atoms with Crippen molar-refractivity contribution in [1.82, 2.24) is 29.9 Å². The number of para-hydroxylation sites is 2. The Balaban J connectivity index is 0.624. The van der Waals surface area contributed by atoms with Gasteiger partial charge in [0.15, 0.2) is 34.9 Å². The van der Waals surface area contributed by atoms with Gasteiger partial charge in [0.2, 0.25) is 0 Å². The van der Waals surface area contributed by atoms with Gasteiger partial charge in [-0.25, -0.2) is 29.9 Å². The monoisotopic (exact) mass is 1640 g/mol. The Morgan fingerprint density at radius 1 is 0.147 bits per heavy atom. The molecule has 4 aliphatic carbocycles. The zero-order chi connectivity index (χ0) is 84.8. The van der Waals surface area contributed by atoms with E-state index in [9.17, 15) is 0 Å². The molecule has 3 aromatic heterocycles. The van der Waals surface area contributed by atoms with Crippen LogP contribution in [0.2, 0.25) is 0 Å². The molecule has 3 heterocycles. The summed E-state index contributed by atoms with van der Waals surface area (Å²) in [7, 11) is 0. The molecule has 0 aliphatic heterocycles. The Morgan fingerprint density at radius 3 is 0.868 bits per heavy atom. The molecule has 19 aromatic carbocycles. The quantitative estimate of drug-likeness (QED) is 0.127. The summed E-state index contributed by atoms with van der Waals surface area (Å²) in [5.41, 5.74) is 39.5. The molecule has 1 atom stereocenters. The number of furan rings is 1. The molecule has 598 valence electrons. The van der Waals surface area contributed by atoms with Gasteiger partial charge in [-0.05, 0) is 222 Å². The van der Waals surface area contributed by atoms with Crippen molar-refractivity contribution in [3.05, 3.63) is 493 Å². The molecular formula is C122H74N6O. The number of nitrogens with zero attached hydrogens (tertiary/aromatic N) is 6. The van der Waals surface area contributed by atoms with Gasteiger partial charge in [-0.2, -0.15) is 0 Å². The van der Waals surface area contributed by atoms with Crippen molar-refractivity contribution in [3.63, 3.8) is 0 Å². The van der Waals surface area contributed by atoms with Gasteiger partial charge in [-0.1, -0.05) is 394 Å². The van der Waals surface area contributed by atoms with Crippen LogP contribution >= 0.6 is 0 Å². The summed E-state index contributed by atoms with van der Waals surface area (Å²) in [5, 5.41) is 2.05. The lowest BCUT2D eigenvalue weighted by molar-refractivity contribution is 0.669. The highest BCUT2D eigenvalue weighted by molar-refractivity contribution is 6.10. The maximum absolute atomic E-state index is 6.70. The van der Waals surface area contributed by atoms with Crippen molar-refractivity contribution in [2.45, 2.75) is 10.8 Å². The first-order chi connectivity index (χ1) is 63.9. The highest BCUT2D eigenvalue weighted by atomic mass is 16.3. The molecule has 7 nitrogen and oxygen atoms in total. The molecule has 0 bridgehead atoms. The summed E-state index contributed by atoms with van der Waals surface area (Å²) < 4.78 is 6.70. The van der Waals surface area contributed by atoms with Crippen molar-refractivity contribution < 1.29 is 4.42 Å². The maximum atomic E-state index is 6.70. The fourth-order valence-electron chi connectivity index (χ4n) is 21.7. The summed E-state index contributed by atoms with van der Waals surface area (Å²) in [6.07, 6.45) is 0. The number of rotatable bonds is 11. The molecular weight excluding hydrogens is 1570 g/mol. The van der Waals surface area contributed by atoms with Crippen LogP contribution in [0.5, 0.6) is 0 Å². The van der Waals surface area contributed by atoms with Crippen molar-refractivity contribution in [1.29, 1.82) is 0 Å². The van der Waals surface area contributed by atoms with Crippen LogP contribution in [0.15, 0.2) is 453 Å². The fourth-order valence-corrected chi connectivity index (χ4v) is 21.7. The molecule has 4 aliphatic rings. The van der Waals surface area contributed by atoms with E-state index in [1.54, 1.807) is 0 Å². The number of hydrogen-bond acceptors (Lipinski definition) is 7. The molecule has 7 heteroatoms. The first-order valence-corrected chi connectivity index (χ1v) is 44.1. The standard InChI is InChI=1S/C122H74N6O/c1-5-32-75(33-6-1)82-68-83(76-34-7-2-8-35-76)71-86(70-82)116-123-117(127-118(126-116)99-50-30-59-109-112(99)97-47-19-26-57-107(97)121(109)103-53-22-15-42-91(103)88-40-13-14-41-89(88)92-43-16-23-54-104(92)121)87-72-84(77-36-9-3-10-37-77)69-85(73-87)79-64-62-78(63-65-79)81-66-67-90-93-44-17-24-55-105(93)122(106-56-25-18-45-94(106)102(90)74-81)108-58-27-20-48-98(108)113-100(51-31-60-110(113)122)119-124-115(80-38-11-4-12-39-80)125-120(128-119)101-52-29-49-96-95-46-21-28-61-111(95)129-114(96)101/h1-74H. The van der Waals surface area contributed by atoms with Crippen molar-refractivity contribution >= 4 is 21.9 Å². The molecule has 0 amide bonds. The van der Waals surface area contributed by atoms with Crippen LogP contribution in [0, 0.1) is 0 Å². The van der Waals surface area contributed by atoms with E-state index in [2.05, 4.69) is 419 Å². The predicted molar refractivity (Wildman–Crippen MR) is 524 cm³/mol. The third-order valence-electron chi connectivity index (χ3n) is 27.3. The van der Waals surface area contributed by atoms with E-state index < -0.39 is 10.8 Å². The summed E-state index contributed by atoms with van der Waals surface area (Å²) in [5.74, 6) is 3.38. The normalized spacial score (nSPS) is 13.7. The van der Waals surface area contributed by atoms with Crippen molar-refractivity contribution in [2.75, 3.05) is 0 Å². The smallest absolute Gasteiger partial charge is 0.167 e. The minimum Gasteiger partial charge on any atom is -0.455 e. The summed E-state index contributed by atoms with van der Waals surface area (Å²) in [6, 6.07) is 163. The van der Waals surface area contributed by atoms with Crippen LogP contribution in [-0.4, -0.2) is 29.9 Å². The van der Waals surface area contributed by atoms with Crippen molar-refractivity contribution in [2.24, 2.45) is 0 Å². The van der Waals surface area contributed by atoms with Gasteiger partial charge in [-0.3, -0.25) is 0 Å². The SMILES string of the molecule is c1ccc(-c2cc(-c3ccccc3)cc(-c3nc(-c4cc(-c5ccccc5)cc(-c5ccc(-c6ccc7c(c6)-c6ccccc6C6(c8ccccc8-7)c7ccccc7-c7c(-c8nc(-c9ccccc9)nc(-c9cccc%10c9oc9ccccc9%10)n8)cccc76)cc5)c4)nc(-c4cccc5c4-c4ccccc4C54c5ccccc5-c5ccccc5-c5ccccc54)n3)c2)cc1. The lowest BCUT2D eigenvalue weighted by Gasteiger charge is -2.35. The molecule has 0 fully saturated rings. The molecule has 129 heavy (non-hydrogen) atoms. The minimum absolute atomic E-state index is 0.535. The number of aromatic nitrogens is 6. The highest BCUT2D eigenvalue weighted by Gasteiger charge is 2.53. The number of fused-ring (bicyclic) bond motifs is 27. The molecule has 22 aromatic rings. The van der Waals surface area contributed by atoms with E-state index >= 15 is 0 Å². The van der Waals surface area contributed by atoms with Crippen LogP contribution in [-0.2, 0) is 10.8 Å². The Kier molecular flexibility index (Phi) is 16.7. The highest BCUT2D eigenvalue weighted by Crippen LogP contribution is 2.66. The van der Waals surface area contributed by atoms with Gasteiger partial charge in [0.25, 0.3) is 0 Å². The van der Waals surface area contributed by atoms with Crippen LogP contribution in [0.4, 0.5) is 0 Å². The fraction of sp³-hybridized carbons (Fsp3) is 0.0164. The summed E-state index contributed by atoms with van der Waals surface area (Å²) in [4.78, 5) is 33.7. The molecule has 2 spiro atoms. The van der Waals surface area contributed by atoms with Gasteiger partial charge in [-0.15, -0.1) is 0 Å². The first kappa shape index (κ1) is 73.5. The molecule has 0 radical (unpaired) electrons. The van der Waals surface area contributed by atoms with Gasteiger partial charge in [0.05, 0.1) is 16.4 Å². The van der Waals surface area contributed by atoms with Gasteiger partial charge < -0.3 is 4.42 Å². The van der Waals surface area contributed by atoms with E-state index in [1.807, 2.05) is 30.3 Å². The van der Waals surface area contributed by atoms with Gasteiger partial charge in [0.1, 0.15) is 11.2 Å². The third-order valence-corrected chi connectivity index (χ3v) is 27.3. The Morgan fingerprint density at radius 2 is 0.419 bits per heavy atom. The average molecular weight is 1640 g/mol. The Bertz CT molecular complexity index is 8240. The second-order valence-corrected chi connectivity index (χ2v) is 34.1. The molecule has 0 saturated heterocycles. The van der Waals surface area contributed by atoms with E-state index in [-0.39, 0.29) is 0 Å². The molecule has 0 N–H and O–H groups in total. The van der Waals surface area contributed by atoms with Gasteiger partial charge >= 0.3 is 0 Å². The second kappa shape index (κ2) is 29.3. The van der Waals surface area contributed by atoms with E-state index in [0.717, 1.165) is 155 Å². The summed E-state index contributed by atoms with van der Waals surface area (Å²) in [6.45, 7) is 0. The number of benzene rings is 19. The zero-order valence-corrected chi connectivity index (χ0v) is 69.8. The molecule has 26 rings (SSSR count). The largest absolute Gasteiger partial charge is 0.455 e. The van der Waals surface area contributed by atoms with Crippen LogP contribution in [0.3, 0.4) is 0 Å². The van der Waals surface area contributed by atoms with Crippen LogP contribution in [0.25, 0.3) is 213 Å². The average Bonchev–Trinajstić information content (AvgIpc) is 1.52. The van der Waals surface area contributed by atoms with E-state index in [4.69, 9.17) is 34.3 Å². The topological polar surface area (TPSA) is 90.5 Å². The maximum Gasteiger partial charge on any atom is 0.167 e. The third kappa shape index (κ3) is 11.4. The lowest BCUT2D eigenvalue weighted by atomic mass is 9.66. The van der Waals surface area contributed by atoms with Crippen LogP contribution in [0.1, 0.15) is 44.5 Å². The van der Waals surface area contributed by atoms with Crippen LogP contribution < -0.4 is 0 Å². The van der Waals surface area contributed by atoms with E-state index in [0.29, 0.717) is 34.9 Å². The van der Waals surface area contributed by atoms with Gasteiger partial charge in [0, 0.05) is 38.6 Å². The van der Waals surface area contributed by atoms with E-state index in [1.165, 1.54) is 66.8 Å². The lowest BCUT2D eigenvalue weighted by Crippen LogP contribution is -2.29. The minimum atomic E-state index is -0.786.